The third-order valence-electron chi connectivity index (χ3n) is 7.58. The summed E-state index contributed by atoms with van der Waals surface area (Å²) in [6, 6.07) is 5.49. The number of anilines is 3. The molecule has 192 valence electrons. The molecule has 5 rings (SSSR count). The minimum Gasteiger partial charge on any atom is -0.393 e. The molecule has 1 aromatic carbocycles. The number of carbonyl (C=O) groups excluding carboxylic acids is 1. The number of fused-ring (bicyclic) bond motifs is 1. The molecule has 36 heavy (non-hydrogen) atoms. The van der Waals surface area contributed by atoms with Crippen LogP contribution in [0.3, 0.4) is 0 Å². The average molecular weight is 532 g/mol. The first-order valence-electron chi connectivity index (χ1n) is 12.5. The summed E-state index contributed by atoms with van der Waals surface area (Å²) in [6.07, 6.45) is 6.90. The lowest BCUT2D eigenvalue weighted by Crippen LogP contribution is -2.35. The summed E-state index contributed by atoms with van der Waals surface area (Å²) in [5.41, 5.74) is 7.46. The Morgan fingerprint density at radius 2 is 1.83 bits per heavy atom. The fraction of sp³-hybridized carbons (Fsp3) is 0.520. The van der Waals surface area contributed by atoms with E-state index in [1.54, 1.807) is 24.4 Å². The molecule has 2 aliphatic carbocycles. The maximum absolute atomic E-state index is 11.7. The Morgan fingerprint density at radius 1 is 1.11 bits per heavy atom. The van der Waals surface area contributed by atoms with Crippen molar-refractivity contribution in [1.82, 2.24) is 19.5 Å². The van der Waals surface area contributed by atoms with Crippen LogP contribution >= 0.6 is 23.2 Å². The first kappa shape index (κ1) is 25.0. The van der Waals surface area contributed by atoms with Crippen molar-refractivity contribution in [2.45, 2.75) is 70.1 Å². The highest BCUT2D eigenvalue weighted by Crippen LogP contribution is 2.39. The number of amides is 1. The maximum atomic E-state index is 11.7. The highest BCUT2D eigenvalue weighted by Gasteiger charge is 2.30. The number of nitrogens with two attached hydrogens (primary N) is 1. The maximum Gasteiger partial charge on any atom is 0.224 e. The number of primary amides is 1. The molecule has 3 aromatic rings. The van der Waals surface area contributed by atoms with Gasteiger partial charge in [0.2, 0.25) is 17.8 Å². The molecule has 2 heterocycles. The number of hydrogen-bond donors (Lipinski definition) is 4. The van der Waals surface area contributed by atoms with Crippen molar-refractivity contribution in [3.05, 3.63) is 34.4 Å². The molecule has 2 aliphatic rings. The SMILES string of the molecule is C[C@@H]1CCC(Nc2ncc3nc(Nc4c(Cl)cccc4Cl)n(C4CCC(C(N)=O)CC4)c3n2)C[C@H]1O. The number of halogens is 2. The predicted molar refractivity (Wildman–Crippen MR) is 142 cm³/mol. The van der Waals surface area contributed by atoms with Gasteiger partial charge in [-0.05, 0) is 63.0 Å². The predicted octanol–water partition coefficient (Wildman–Crippen LogP) is 5.05. The number of carbonyl (C=O) groups is 1. The molecule has 0 spiro atoms. The second-order valence-electron chi connectivity index (χ2n) is 10.0. The van der Waals surface area contributed by atoms with E-state index in [1.807, 2.05) is 0 Å². The van der Waals surface area contributed by atoms with Crippen molar-refractivity contribution in [2.24, 2.45) is 17.6 Å². The molecule has 0 radical (unpaired) electrons. The monoisotopic (exact) mass is 531 g/mol. The van der Waals surface area contributed by atoms with Gasteiger partial charge in [-0.15, -0.1) is 0 Å². The average Bonchev–Trinajstić information content (AvgIpc) is 3.21. The number of imidazole rings is 1. The lowest BCUT2D eigenvalue weighted by Gasteiger charge is -2.31. The number of aromatic nitrogens is 4. The van der Waals surface area contributed by atoms with E-state index in [-0.39, 0.29) is 30.0 Å². The van der Waals surface area contributed by atoms with Crippen molar-refractivity contribution in [3.63, 3.8) is 0 Å². The van der Waals surface area contributed by atoms with E-state index in [2.05, 4.69) is 27.1 Å². The van der Waals surface area contributed by atoms with Crippen LogP contribution < -0.4 is 16.4 Å². The standard InChI is InChI=1S/C25H31Cl2N7O2/c1-13-5-8-15(11-20(13)35)30-24-29-12-19-23(33-24)34(16-9-6-14(7-10-16)22(28)36)25(31-19)32-21-17(26)3-2-4-18(21)27/h2-4,12-16,20,35H,5-11H2,1H3,(H2,28,36)(H,31,32)(H,29,30,33)/t13-,14?,15?,16?,20-/m1/s1. The molecule has 0 bridgehead atoms. The first-order valence-corrected chi connectivity index (χ1v) is 13.3. The summed E-state index contributed by atoms with van der Waals surface area (Å²) in [5.74, 6) is 1.01. The van der Waals surface area contributed by atoms with E-state index < -0.39 is 0 Å². The van der Waals surface area contributed by atoms with Gasteiger partial charge in [-0.25, -0.2) is 9.97 Å². The number of benzene rings is 1. The smallest absolute Gasteiger partial charge is 0.224 e. The highest BCUT2D eigenvalue weighted by atomic mass is 35.5. The number of hydrogen-bond acceptors (Lipinski definition) is 7. The topological polar surface area (TPSA) is 131 Å². The fourth-order valence-corrected chi connectivity index (χ4v) is 5.85. The Hall–Kier alpha value is -2.62. The Balaban J connectivity index is 1.49. The molecule has 2 fully saturated rings. The van der Waals surface area contributed by atoms with Gasteiger partial charge >= 0.3 is 0 Å². The van der Waals surface area contributed by atoms with Gasteiger partial charge in [0.1, 0.15) is 5.52 Å². The summed E-state index contributed by atoms with van der Waals surface area (Å²) in [4.78, 5) is 25.9. The van der Waals surface area contributed by atoms with Gasteiger partial charge in [-0.3, -0.25) is 9.36 Å². The van der Waals surface area contributed by atoms with Crippen LogP contribution in [0.2, 0.25) is 10.0 Å². The number of aliphatic hydroxyl groups is 1. The quantitative estimate of drug-likeness (QED) is 0.349. The molecule has 2 aromatic heterocycles. The van der Waals surface area contributed by atoms with Crippen LogP contribution in [-0.4, -0.2) is 42.7 Å². The molecule has 1 amide bonds. The lowest BCUT2D eigenvalue weighted by atomic mass is 9.85. The summed E-state index contributed by atoms with van der Waals surface area (Å²) >= 11 is 12.9. The number of nitrogens with one attached hydrogen (secondary N) is 2. The molecule has 5 N–H and O–H groups in total. The number of para-hydroxylation sites is 1. The summed E-state index contributed by atoms with van der Waals surface area (Å²) in [7, 11) is 0. The molecule has 1 unspecified atom stereocenters. The van der Waals surface area contributed by atoms with E-state index >= 15 is 0 Å². The molecule has 3 atom stereocenters. The number of rotatable bonds is 6. The fourth-order valence-electron chi connectivity index (χ4n) is 5.35. The largest absolute Gasteiger partial charge is 0.393 e. The van der Waals surface area contributed by atoms with Gasteiger partial charge in [0, 0.05) is 18.0 Å². The zero-order chi connectivity index (χ0) is 25.4. The minimum atomic E-state index is -0.331. The van der Waals surface area contributed by atoms with Crippen LogP contribution in [0.4, 0.5) is 17.6 Å². The van der Waals surface area contributed by atoms with Crippen LogP contribution in [0, 0.1) is 11.8 Å². The van der Waals surface area contributed by atoms with Crippen molar-refractivity contribution >= 4 is 57.9 Å². The zero-order valence-electron chi connectivity index (χ0n) is 20.1. The van der Waals surface area contributed by atoms with Crippen LogP contribution in [0.15, 0.2) is 24.4 Å². The molecule has 2 saturated carbocycles. The van der Waals surface area contributed by atoms with Crippen molar-refractivity contribution in [1.29, 1.82) is 0 Å². The third kappa shape index (κ3) is 5.10. The second kappa shape index (κ2) is 10.4. The lowest BCUT2D eigenvalue weighted by molar-refractivity contribution is -0.122. The second-order valence-corrected chi connectivity index (χ2v) is 10.9. The molecular formula is C25H31Cl2N7O2. The van der Waals surface area contributed by atoms with Gasteiger partial charge in [0.25, 0.3) is 0 Å². The Bertz CT molecular complexity index is 1240. The molecule has 0 aliphatic heterocycles. The Kier molecular flexibility index (Phi) is 7.23. The molecule has 0 saturated heterocycles. The van der Waals surface area contributed by atoms with Gasteiger partial charge < -0.3 is 21.5 Å². The van der Waals surface area contributed by atoms with E-state index in [0.29, 0.717) is 64.0 Å². The normalized spacial score (nSPS) is 26.6. The van der Waals surface area contributed by atoms with Crippen LogP contribution in [0.1, 0.15) is 57.9 Å². The number of aliphatic hydroxyl groups excluding tert-OH is 1. The van der Waals surface area contributed by atoms with Crippen molar-refractivity contribution in [2.75, 3.05) is 10.6 Å². The van der Waals surface area contributed by atoms with E-state index in [0.717, 1.165) is 25.7 Å². The Labute approximate surface area is 219 Å². The summed E-state index contributed by atoms with van der Waals surface area (Å²) in [6.45, 7) is 2.08. The van der Waals surface area contributed by atoms with E-state index in [1.165, 1.54) is 0 Å². The summed E-state index contributed by atoms with van der Waals surface area (Å²) < 4.78 is 2.07. The van der Waals surface area contributed by atoms with Gasteiger partial charge in [-0.1, -0.05) is 36.2 Å². The third-order valence-corrected chi connectivity index (χ3v) is 8.21. The van der Waals surface area contributed by atoms with E-state index in [4.69, 9.17) is 38.9 Å². The highest BCUT2D eigenvalue weighted by molar-refractivity contribution is 6.39. The molecule has 11 heteroatoms. The van der Waals surface area contributed by atoms with E-state index in [9.17, 15) is 9.90 Å². The van der Waals surface area contributed by atoms with Crippen LogP contribution in [-0.2, 0) is 4.79 Å². The molecular weight excluding hydrogens is 501 g/mol. The van der Waals surface area contributed by atoms with Crippen LogP contribution in [0.5, 0.6) is 0 Å². The Morgan fingerprint density at radius 3 is 2.50 bits per heavy atom. The summed E-state index contributed by atoms with van der Waals surface area (Å²) in [5, 5.41) is 18.0. The van der Waals surface area contributed by atoms with Gasteiger partial charge in [-0.2, -0.15) is 4.98 Å². The van der Waals surface area contributed by atoms with Crippen molar-refractivity contribution in [3.8, 4) is 0 Å². The minimum absolute atomic E-state index is 0.0643. The first-order chi connectivity index (χ1) is 17.3. The molecule has 9 nitrogen and oxygen atoms in total. The van der Waals surface area contributed by atoms with Gasteiger partial charge in [0.15, 0.2) is 5.65 Å². The van der Waals surface area contributed by atoms with Crippen LogP contribution in [0.25, 0.3) is 11.2 Å². The zero-order valence-corrected chi connectivity index (χ0v) is 21.6. The number of nitrogens with zero attached hydrogens (tertiary/aromatic N) is 4. The van der Waals surface area contributed by atoms with Crippen molar-refractivity contribution < 1.29 is 9.90 Å². The van der Waals surface area contributed by atoms with Gasteiger partial charge in [0.05, 0.1) is 28.0 Å².